The summed E-state index contributed by atoms with van der Waals surface area (Å²) in [6.45, 7) is 5.14. The predicted octanol–water partition coefficient (Wildman–Crippen LogP) is 2.84. The second-order valence-corrected chi connectivity index (χ2v) is 6.20. The highest BCUT2D eigenvalue weighted by atomic mass is 32.2. The molecule has 1 unspecified atom stereocenters. The third-order valence-corrected chi connectivity index (χ3v) is 4.81. The van der Waals surface area contributed by atoms with Crippen LogP contribution in [-0.4, -0.2) is 32.8 Å². The number of hydrogen-bond donors (Lipinski definition) is 1. The Kier molecular flexibility index (Phi) is 4.81. The molecule has 0 amide bonds. The minimum atomic E-state index is -0.0789. The van der Waals surface area contributed by atoms with Gasteiger partial charge in [0.1, 0.15) is 4.38 Å². The molecule has 1 heterocycles. The van der Waals surface area contributed by atoms with E-state index in [1.54, 1.807) is 29.7 Å². The zero-order valence-electron chi connectivity index (χ0n) is 8.56. The maximum Gasteiger partial charge on any atom is 0.125 e. The lowest BCUT2D eigenvalue weighted by Gasteiger charge is -2.12. The molecule has 0 saturated carbocycles. The van der Waals surface area contributed by atoms with E-state index in [0.717, 1.165) is 23.1 Å². The number of rotatable bonds is 4. The van der Waals surface area contributed by atoms with Crippen LogP contribution in [0.4, 0.5) is 0 Å². The Labute approximate surface area is 93.4 Å². The molecule has 1 fully saturated rings. The molecule has 1 N–H and O–H groups in total. The van der Waals surface area contributed by atoms with Crippen LogP contribution < -0.4 is 0 Å². The van der Waals surface area contributed by atoms with Crippen LogP contribution in [0.2, 0.25) is 0 Å². The van der Waals surface area contributed by atoms with Crippen molar-refractivity contribution in [3.63, 3.8) is 0 Å². The first-order valence-electron chi connectivity index (χ1n) is 4.75. The molecule has 1 aliphatic rings. The van der Waals surface area contributed by atoms with Crippen molar-refractivity contribution in [3.05, 3.63) is 0 Å². The number of oxime groups is 1. The first-order chi connectivity index (χ1) is 6.70. The lowest BCUT2D eigenvalue weighted by atomic mass is 10.2. The number of thioether (sulfide) groups is 2. The monoisotopic (exact) mass is 232 g/mol. The van der Waals surface area contributed by atoms with E-state index in [2.05, 4.69) is 24.0 Å². The zero-order chi connectivity index (χ0) is 10.4. The van der Waals surface area contributed by atoms with Crippen LogP contribution in [0.5, 0.6) is 0 Å². The Morgan fingerprint density at radius 2 is 2.43 bits per heavy atom. The van der Waals surface area contributed by atoms with Crippen LogP contribution in [0.3, 0.4) is 0 Å². The molecular formula is C9H16N2OS2. The molecule has 3 nitrogen and oxygen atoms in total. The summed E-state index contributed by atoms with van der Waals surface area (Å²) < 4.78 is 1.05. The number of aliphatic imine (C=N–C) groups is 1. The van der Waals surface area contributed by atoms with Gasteiger partial charge >= 0.3 is 0 Å². The van der Waals surface area contributed by atoms with Gasteiger partial charge in [-0.25, -0.2) is 0 Å². The Morgan fingerprint density at radius 3 is 3.07 bits per heavy atom. The topological polar surface area (TPSA) is 45.0 Å². The molecule has 1 aliphatic heterocycles. The molecule has 1 atom stereocenters. The summed E-state index contributed by atoms with van der Waals surface area (Å²) in [7, 11) is 0. The van der Waals surface area contributed by atoms with Gasteiger partial charge < -0.3 is 5.21 Å². The molecule has 0 aliphatic carbocycles. The van der Waals surface area contributed by atoms with Crippen LogP contribution in [-0.2, 0) is 0 Å². The van der Waals surface area contributed by atoms with Crippen LogP contribution in [0.15, 0.2) is 10.1 Å². The van der Waals surface area contributed by atoms with Crippen LogP contribution in [0.1, 0.15) is 26.7 Å². The maximum absolute atomic E-state index is 8.50. The van der Waals surface area contributed by atoms with Crippen molar-refractivity contribution in [2.24, 2.45) is 10.1 Å². The zero-order valence-corrected chi connectivity index (χ0v) is 10.2. The largest absolute Gasteiger partial charge is 0.411 e. The summed E-state index contributed by atoms with van der Waals surface area (Å²) in [5.74, 6) is 0.937. The molecular weight excluding hydrogens is 216 g/mol. The number of nitrogens with zero attached hydrogens (tertiary/aromatic N) is 2. The third kappa shape index (κ3) is 3.53. The van der Waals surface area contributed by atoms with Gasteiger partial charge in [-0.05, 0) is 13.3 Å². The van der Waals surface area contributed by atoms with Crippen molar-refractivity contribution in [3.8, 4) is 0 Å². The van der Waals surface area contributed by atoms with Gasteiger partial charge in [0, 0.05) is 12.3 Å². The molecule has 0 aromatic rings. The minimum Gasteiger partial charge on any atom is -0.411 e. The highest BCUT2D eigenvalue weighted by Gasteiger charge is 2.33. The van der Waals surface area contributed by atoms with Gasteiger partial charge in [0.25, 0.3) is 0 Å². The summed E-state index contributed by atoms with van der Waals surface area (Å²) in [6, 6.07) is 0. The van der Waals surface area contributed by atoms with E-state index >= 15 is 0 Å². The highest BCUT2D eigenvalue weighted by molar-refractivity contribution is 8.42. The highest BCUT2D eigenvalue weighted by Crippen LogP contribution is 2.40. The molecule has 1 rings (SSSR count). The maximum atomic E-state index is 8.50. The molecule has 0 aromatic heterocycles. The smallest absolute Gasteiger partial charge is 0.125 e. The summed E-state index contributed by atoms with van der Waals surface area (Å²) in [6.07, 6.45) is 3.92. The standard InChI is InChI=1S/C9H16N2OS2/c1-3-4-5-10-8-13-7-9(2,14-8)6-11-12/h6,12H,3-5,7H2,1-2H3. The first kappa shape index (κ1) is 11.9. The van der Waals surface area contributed by atoms with E-state index in [0.29, 0.717) is 0 Å². The van der Waals surface area contributed by atoms with Crippen LogP contribution >= 0.6 is 23.5 Å². The van der Waals surface area contributed by atoms with Gasteiger partial charge in [0.15, 0.2) is 0 Å². The number of hydrogen-bond acceptors (Lipinski definition) is 5. The molecule has 1 saturated heterocycles. The summed E-state index contributed by atoms with van der Waals surface area (Å²) >= 11 is 3.44. The lowest BCUT2D eigenvalue weighted by Crippen LogP contribution is -2.21. The van der Waals surface area contributed by atoms with E-state index in [-0.39, 0.29) is 4.75 Å². The van der Waals surface area contributed by atoms with E-state index < -0.39 is 0 Å². The van der Waals surface area contributed by atoms with Gasteiger partial charge in [-0.15, -0.1) is 5.16 Å². The average molecular weight is 232 g/mol. The minimum absolute atomic E-state index is 0.0789. The lowest BCUT2D eigenvalue weighted by molar-refractivity contribution is 0.320. The molecule has 0 aromatic carbocycles. The predicted molar refractivity (Wildman–Crippen MR) is 65.9 cm³/mol. The van der Waals surface area contributed by atoms with Crippen LogP contribution in [0, 0.1) is 0 Å². The second-order valence-electron chi connectivity index (χ2n) is 3.45. The van der Waals surface area contributed by atoms with Gasteiger partial charge in [0.2, 0.25) is 0 Å². The van der Waals surface area contributed by atoms with Gasteiger partial charge in [0.05, 0.1) is 11.0 Å². The summed E-state index contributed by atoms with van der Waals surface area (Å²) in [5, 5.41) is 11.6. The van der Waals surface area contributed by atoms with E-state index in [9.17, 15) is 0 Å². The fourth-order valence-corrected chi connectivity index (χ4v) is 3.77. The molecule has 80 valence electrons. The Bertz CT molecular complexity index is 243. The van der Waals surface area contributed by atoms with Gasteiger partial charge in [-0.2, -0.15) is 0 Å². The molecule has 0 spiro atoms. The quantitative estimate of drug-likeness (QED) is 0.351. The molecule has 5 heteroatoms. The first-order valence-corrected chi connectivity index (χ1v) is 6.55. The molecule has 14 heavy (non-hydrogen) atoms. The van der Waals surface area contributed by atoms with E-state index in [4.69, 9.17) is 5.21 Å². The van der Waals surface area contributed by atoms with Crippen molar-refractivity contribution in [2.75, 3.05) is 12.3 Å². The van der Waals surface area contributed by atoms with Crippen molar-refractivity contribution >= 4 is 34.1 Å². The van der Waals surface area contributed by atoms with E-state index in [1.807, 2.05) is 0 Å². The van der Waals surface area contributed by atoms with Crippen LogP contribution in [0.25, 0.3) is 0 Å². The number of unbranched alkanes of at least 4 members (excludes halogenated alkanes) is 1. The average Bonchev–Trinajstić information content (AvgIpc) is 2.49. The fourth-order valence-electron chi connectivity index (χ4n) is 1.06. The van der Waals surface area contributed by atoms with Crippen molar-refractivity contribution in [2.45, 2.75) is 31.4 Å². The van der Waals surface area contributed by atoms with Crippen molar-refractivity contribution < 1.29 is 5.21 Å². The summed E-state index contributed by atoms with van der Waals surface area (Å²) in [5.41, 5.74) is 0. The molecule has 0 bridgehead atoms. The normalized spacial score (nSPS) is 30.6. The molecule has 0 radical (unpaired) electrons. The second kappa shape index (κ2) is 5.66. The van der Waals surface area contributed by atoms with Crippen molar-refractivity contribution in [1.29, 1.82) is 0 Å². The fraction of sp³-hybridized carbons (Fsp3) is 0.778. The van der Waals surface area contributed by atoms with E-state index in [1.165, 1.54) is 6.42 Å². The Hall–Kier alpha value is -0.160. The Morgan fingerprint density at radius 1 is 1.64 bits per heavy atom. The Balaban J connectivity index is 2.43. The van der Waals surface area contributed by atoms with Gasteiger partial charge in [-0.3, -0.25) is 4.99 Å². The van der Waals surface area contributed by atoms with Crippen molar-refractivity contribution in [1.82, 2.24) is 0 Å². The van der Waals surface area contributed by atoms with Gasteiger partial charge in [-0.1, -0.05) is 36.9 Å². The third-order valence-electron chi connectivity index (χ3n) is 1.89. The summed E-state index contributed by atoms with van der Waals surface area (Å²) in [4.78, 5) is 4.49. The SMILES string of the molecule is CCCCN=C1SCC(C)(C=NO)S1.